The average Bonchev–Trinajstić information content (AvgIpc) is 2.86. The molecule has 1 aliphatic heterocycles. The summed E-state index contributed by atoms with van der Waals surface area (Å²) in [5, 5.41) is 8.07. The largest absolute Gasteiger partial charge is 0.377 e. The van der Waals surface area contributed by atoms with Gasteiger partial charge in [0.05, 0.1) is 0 Å². The van der Waals surface area contributed by atoms with Crippen LogP contribution in [0.2, 0.25) is 0 Å². The van der Waals surface area contributed by atoms with E-state index in [1.165, 1.54) is 6.42 Å². The quantitative estimate of drug-likeness (QED) is 0.835. The fraction of sp³-hybridized carbons (Fsp3) is 0.786. The summed E-state index contributed by atoms with van der Waals surface area (Å²) in [5.41, 5.74) is 0. The molecule has 1 saturated heterocycles. The van der Waals surface area contributed by atoms with Gasteiger partial charge >= 0.3 is 0 Å². The van der Waals surface area contributed by atoms with Gasteiger partial charge in [0.1, 0.15) is 12.9 Å². The molecule has 1 aromatic heterocycles. The molecule has 2 aliphatic rings. The predicted octanol–water partition coefficient (Wildman–Crippen LogP) is 1.39. The number of methoxy groups -OCH3 is 1. The van der Waals surface area contributed by atoms with Gasteiger partial charge in [-0.2, -0.15) is 0 Å². The lowest BCUT2D eigenvalue weighted by Gasteiger charge is -2.37. The Morgan fingerprint density at radius 2 is 2.10 bits per heavy atom. The highest BCUT2D eigenvalue weighted by Crippen LogP contribution is 2.31. The molecular formula is C14H22N4O2. The normalized spacial score (nSPS) is 20.9. The van der Waals surface area contributed by atoms with E-state index < -0.39 is 0 Å². The number of hydrogen-bond acceptors (Lipinski definition) is 4. The molecule has 0 N–H and O–H groups in total. The molecule has 0 aromatic carbocycles. The highest BCUT2D eigenvalue weighted by atomic mass is 16.5. The van der Waals surface area contributed by atoms with Crippen LogP contribution in [0.3, 0.4) is 0 Å². The number of carbonyl (C=O) groups is 1. The van der Waals surface area contributed by atoms with Crippen molar-refractivity contribution in [2.45, 2.75) is 44.8 Å². The van der Waals surface area contributed by atoms with Gasteiger partial charge in [-0.3, -0.25) is 4.79 Å². The van der Waals surface area contributed by atoms with Crippen LogP contribution in [0.15, 0.2) is 6.33 Å². The predicted molar refractivity (Wildman–Crippen MR) is 72.9 cm³/mol. The van der Waals surface area contributed by atoms with Crippen molar-refractivity contribution in [2.75, 3.05) is 20.2 Å². The van der Waals surface area contributed by atoms with Crippen molar-refractivity contribution in [3.63, 3.8) is 0 Å². The van der Waals surface area contributed by atoms with Gasteiger partial charge in [0.25, 0.3) is 0 Å². The number of carbonyl (C=O) groups excluding carboxylic acids is 1. The van der Waals surface area contributed by atoms with Crippen molar-refractivity contribution in [3.8, 4) is 0 Å². The molecule has 1 aliphatic carbocycles. The Morgan fingerprint density at radius 1 is 1.35 bits per heavy atom. The molecule has 0 radical (unpaired) electrons. The molecule has 3 rings (SSSR count). The minimum atomic E-state index is 0.311. The van der Waals surface area contributed by atoms with Crippen LogP contribution in [0.4, 0.5) is 0 Å². The Hall–Kier alpha value is -1.43. The maximum Gasteiger partial charge on any atom is 0.225 e. The SMILES string of the molecule is COCc1nncn1C1CCN(C(=O)C2CCC2)CC1. The van der Waals surface area contributed by atoms with Crippen LogP contribution in [-0.4, -0.2) is 45.8 Å². The van der Waals surface area contributed by atoms with E-state index in [1.807, 2.05) is 4.90 Å². The Balaban J connectivity index is 1.57. The fourth-order valence-electron chi connectivity index (χ4n) is 3.08. The number of likely N-dealkylation sites (tertiary alicyclic amines) is 1. The van der Waals surface area contributed by atoms with Crippen molar-refractivity contribution in [2.24, 2.45) is 5.92 Å². The minimum absolute atomic E-state index is 0.311. The third-order valence-corrected chi connectivity index (χ3v) is 4.54. The molecule has 1 saturated carbocycles. The standard InChI is InChI=1S/C14H22N4O2/c1-20-9-13-16-15-10-18(13)12-5-7-17(8-6-12)14(19)11-3-2-4-11/h10-12H,2-9H2,1H3. The van der Waals surface area contributed by atoms with Crippen molar-refractivity contribution in [1.82, 2.24) is 19.7 Å². The van der Waals surface area contributed by atoms with E-state index in [0.29, 0.717) is 24.5 Å². The number of amides is 1. The van der Waals surface area contributed by atoms with E-state index >= 15 is 0 Å². The van der Waals surface area contributed by atoms with Crippen molar-refractivity contribution in [1.29, 1.82) is 0 Å². The van der Waals surface area contributed by atoms with Gasteiger partial charge in [0.2, 0.25) is 5.91 Å². The summed E-state index contributed by atoms with van der Waals surface area (Å²) in [6.45, 7) is 2.19. The van der Waals surface area contributed by atoms with E-state index in [-0.39, 0.29) is 0 Å². The van der Waals surface area contributed by atoms with Crippen LogP contribution in [0.5, 0.6) is 0 Å². The maximum atomic E-state index is 12.2. The number of aromatic nitrogens is 3. The van der Waals surface area contributed by atoms with Gasteiger partial charge < -0.3 is 14.2 Å². The summed E-state index contributed by atoms with van der Waals surface area (Å²) in [6, 6.07) is 0.389. The van der Waals surface area contributed by atoms with E-state index in [2.05, 4.69) is 14.8 Å². The lowest BCUT2D eigenvalue weighted by Crippen LogP contribution is -2.43. The fourth-order valence-corrected chi connectivity index (χ4v) is 3.08. The Bertz CT molecular complexity index is 461. The second-order valence-corrected chi connectivity index (χ2v) is 5.77. The van der Waals surface area contributed by atoms with Crippen LogP contribution in [0.25, 0.3) is 0 Å². The van der Waals surface area contributed by atoms with Crippen molar-refractivity contribution < 1.29 is 9.53 Å². The zero-order valence-electron chi connectivity index (χ0n) is 12.0. The molecule has 2 heterocycles. The first-order valence-electron chi connectivity index (χ1n) is 7.45. The molecule has 110 valence electrons. The second-order valence-electron chi connectivity index (χ2n) is 5.77. The van der Waals surface area contributed by atoms with Crippen molar-refractivity contribution >= 4 is 5.91 Å². The van der Waals surface area contributed by atoms with E-state index in [0.717, 1.165) is 44.6 Å². The van der Waals surface area contributed by atoms with Gasteiger partial charge in [-0.25, -0.2) is 0 Å². The van der Waals surface area contributed by atoms with Crippen LogP contribution in [0, 0.1) is 5.92 Å². The van der Waals surface area contributed by atoms with Gasteiger partial charge in [0.15, 0.2) is 5.82 Å². The third kappa shape index (κ3) is 2.57. The molecule has 1 aromatic rings. The Labute approximate surface area is 119 Å². The van der Waals surface area contributed by atoms with E-state index in [9.17, 15) is 4.79 Å². The summed E-state index contributed by atoms with van der Waals surface area (Å²) in [6.07, 6.45) is 7.13. The number of rotatable bonds is 4. The number of piperidine rings is 1. The molecule has 6 nitrogen and oxygen atoms in total. The van der Waals surface area contributed by atoms with E-state index in [1.54, 1.807) is 13.4 Å². The molecule has 0 spiro atoms. The van der Waals surface area contributed by atoms with Crippen LogP contribution in [-0.2, 0) is 16.1 Å². The average molecular weight is 278 g/mol. The Kier molecular flexibility index (Phi) is 4.00. The Morgan fingerprint density at radius 3 is 2.70 bits per heavy atom. The maximum absolute atomic E-state index is 12.2. The molecule has 0 bridgehead atoms. The zero-order chi connectivity index (χ0) is 13.9. The number of nitrogens with zero attached hydrogens (tertiary/aromatic N) is 4. The highest BCUT2D eigenvalue weighted by molar-refractivity contribution is 5.79. The third-order valence-electron chi connectivity index (χ3n) is 4.54. The molecule has 0 unspecified atom stereocenters. The summed E-state index contributed by atoms with van der Waals surface area (Å²) < 4.78 is 7.25. The molecule has 2 fully saturated rings. The molecule has 6 heteroatoms. The molecule has 1 amide bonds. The summed E-state index contributed by atoms with van der Waals surface area (Å²) >= 11 is 0. The van der Waals surface area contributed by atoms with Crippen LogP contribution < -0.4 is 0 Å². The lowest BCUT2D eigenvalue weighted by molar-refractivity contribution is -0.139. The van der Waals surface area contributed by atoms with Gasteiger partial charge in [-0.05, 0) is 25.7 Å². The smallest absolute Gasteiger partial charge is 0.225 e. The summed E-state index contributed by atoms with van der Waals surface area (Å²) in [7, 11) is 1.67. The highest BCUT2D eigenvalue weighted by Gasteiger charge is 2.32. The molecule has 0 atom stereocenters. The summed E-state index contributed by atoms with van der Waals surface area (Å²) in [5.74, 6) is 1.55. The monoisotopic (exact) mass is 278 g/mol. The first kappa shape index (κ1) is 13.5. The first-order chi connectivity index (χ1) is 9.79. The lowest BCUT2D eigenvalue weighted by atomic mass is 9.84. The van der Waals surface area contributed by atoms with Crippen molar-refractivity contribution in [3.05, 3.63) is 12.2 Å². The minimum Gasteiger partial charge on any atom is -0.377 e. The molecule has 20 heavy (non-hydrogen) atoms. The second kappa shape index (κ2) is 5.91. The zero-order valence-corrected chi connectivity index (χ0v) is 12.0. The van der Waals surface area contributed by atoms with Gasteiger partial charge in [-0.15, -0.1) is 10.2 Å². The molecular weight excluding hydrogens is 256 g/mol. The first-order valence-corrected chi connectivity index (χ1v) is 7.45. The topological polar surface area (TPSA) is 60.3 Å². The summed E-state index contributed by atoms with van der Waals surface area (Å²) in [4.78, 5) is 14.3. The number of hydrogen-bond donors (Lipinski definition) is 0. The van der Waals surface area contributed by atoms with Crippen LogP contribution in [0.1, 0.15) is 44.0 Å². The number of ether oxygens (including phenoxy) is 1. The van der Waals surface area contributed by atoms with Crippen LogP contribution >= 0.6 is 0 Å². The van der Waals surface area contributed by atoms with Gasteiger partial charge in [-0.1, -0.05) is 6.42 Å². The van der Waals surface area contributed by atoms with E-state index in [4.69, 9.17) is 4.74 Å². The van der Waals surface area contributed by atoms with Gasteiger partial charge in [0, 0.05) is 32.2 Å².